The molecular weight excluding hydrogens is 220 g/mol. The van der Waals surface area contributed by atoms with Crippen LogP contribution in [0.4, 0.5) is 4.79 Å². The number of carbonyl (C=O) groups is 2. The number of urea groups is 1. The van der Waals surface area contributed by atoms with E-state index in [2.05, 4.69) is 17.6 Å². The normalized spacial score (nSPS) is 29.7. The molecule has 0 spiro atoms. The lowest BCUT2D eigenvalue weighted by atomic mass is 9.98. The Hall–Kier alpha value is -1.26. The van der Waals surface area contributed by atoms with Gasteiger partial charge in [-0.25, -0.2) is 9.59 Å². The molecule has 17 heavy (non-hydrogen) atoms. The van der Waals surface area contributed by atoms with Gasteiger partial charge in [0.05, 0.1) is 0 Å². The number of rotatable bonds is 4. The van der Waals surface area contributed by atoms with Crippen LogP contribution in [0, 0.1) is 11.8 Å². The predicted molar refractivity (Wildman–Crippen MR) is 62.6 cm³/mol. The molecule has 3 N–H and O–H groups in total. The summed E-state index contributed by atoms with van der Waals surface area (Å²) in [7, 11) is 0. The second kappa shape index (κ2) is 4.55. The maximum absolute atomic E-state index is 11.7. The Balaban J connectivity index is 1.81. The van der Waals surface area contributed by atoms with E-state index in [9.17, 15) is 14.7 Å². The average molecular weight is 240 g/mol. The number of carboxylic acids is 1. The first kappa shape index (κ1) is 12.2. The van der Waals surface area contributed by atoms with Crippen molar-refractivity contribution in [1.29, 1.82) is 0 Å². The molecule has 2 fully saturated rings. The van der Waals surface area contributed by atoms with Gasteiger partial charge in [-0.2, -0.15) is 0 Å². The summed E-state index contributed by atoms with van der Waals surface area (Å²) < 4.78 is 0. The molecule has 2 amide bonds. The van der Waals surface area contributed by atoms with Gasteiger partial charge in [-0.15, -0.1) is 0 Å². The Morgan fingerprint density at radius 3 is 2.41 bits per heavy atom. The first-order chi connectivity index (χ1) is 8.03. The lowest BCUT2D eigenvalue weighted by molar-refractivity contribution is -0.144. The van der Waals surface area contributed by atoms with Gasteiger partial charge < -0.3 is 15.7 Å². The number of aliphatic carboxylic acids is 1. The van der Waals surface area contributed by atoms with E-state index in [1.165, 1.54) is 0 Å². The zero-order valence-corrected chi connectivity index (χ0v) is 10.2. The van der Waals surface area contributed by atoms with Gasteiger partial charge in [-0.05, 0) is 31.1 Å². The molecule has 0 radical (unpaired) electrons. The molecule has 96 valence electrons. The van der Waals surface area contributed by atoms with Crippen molar-refractivity contribution >= 4 is 12.0 Å². The molecule has 0 aromatic rings. The number of hydrogen-bond acceptors (Lipinski definition) is 2. The van der Waals surface area contributed by atoms with Crippen molar-refractivity contribution in [3.05, 3.63) is 0 Å². The monoisotopic (exact) mass is 240 g/mol. The Labute approximate surface area is 101 Å². The summed E-state index contributed by atoms with van der Waals surface area (Å²) in [6, 6.07) is -0.339. The molecule has 2 unspecified atom stereocenters. The minimum atomic E-state index is -1.03. The van der Waals surface area contributed by atoms with Gasteiger partial charge in [0.2, 0.25) is 0 Å². The highest BCUT2D eigenvalue weighted by Crippen LogP contribution is 2.36. The molecule has 5 nitrogen and oxygen atoms in total. The van der Waals surface area contributed by atoms with Gasteiger partial charge in [0.15, 0.2) is 0 Å². The number of hydrogen-bond donors (Lipinski definition) is 3. The highest BCUT2D eigenvalue weighted by Gasteiger charge is 2.43. The summed E-state index contributed by atoms with van der Waals surface area (Å²) in [4.78, 5) is 22.9. The van der Waals surface area contributed by atoms with Gasteiger partial charge in [0.25, 0.3) is 0 Å². The first-order valence-corrected chi connectivity index (χ1v) is 6.33. The van der Waals surface area contributed by atoms with Crippen molar-refractivity contribution in [3.63, 3.8) is 0 Å². The summed E-state index contributed by atoms with van der Waals surface area (Å²) in [6.45, 7) is 2.81. The van der Waals surface area contributed by atoms with E-state index in [-0.39, 0.29) is 6.03 Å². The molecule has 0 heterocycles. The third-order valence-corrected chi connectivity index (χ3v) is 4.02. The van der Waals surface area contributed by atoms with Gasteiger partial charge >= 0.3 is 12.0 Å². The van der Waals surface area contributed by atoms with E-state index in [1.807, 2.05) is 0 Å². The Morgan fingerprint density at radius 2 is 1.94 bits per heavy atom. The molecule has 2 atom stereocenters. The summed E-state index contributed by atoms with van der Waals surface area (Å²) >= 11 is 0. The van der Waals surface area contributed by atoms with E-state index in [0.717, 1.165) is 19.3 Å². The summed E-state index contributed by atoms with van der Waals surface area (Å²) in [5.74, 6) is 0.352. The van der Waals surface area contributed by atoms with Crippen LogP contribution in [0.15, 0.2) is 0 Å². The zero-order valence-electron chi connectivity index (χ0n) is 10.2. The quantitative estimate of drug-likeness (QED) is 0.694. The SMILES string of the molecule is CC1CC1CNC(=O)NC1(C(=O)O)CCCC1. The third kappa shape index (κ3) is 2.70. The van der Waals surface area contributed by atoms with Crippen LogP contribution in [0.5, 0.6) is 0 Å². The maximum Gasteiger partial charge on any atom is 0.329 e. The molecule has 0 bridgehead atoms. The van der Waals surface area contributed by atoms with Gasteiger partial charge in [-0.1, -0.05) is 19.8 Å². The van der Waals surface area contributed by atoms with Crippen LogP contribution in [-0.4, -0.2) is 29.2 Å². The predicted octanol–water partition coefficient (Wildman–Crippen LogP) is 1.34. The molecule has 2 aliphatic carbocycles. The molecule has 0 aromatic heterocycles. The van der Waals surface area contributed by atoms with E-state index in [1.54, 1.807) is 0 Å². The molecule has 2 rings (SSSR count). The number of carboxylic acid groups (broad SMARTS) is 1. The van der Waals surface area contributed by atoms with Crippen molar-refractivity contribution in [2.75, 3.05) is 6.54 Å². The smallest absolute Gasteiger partial charge is 0.329 e. The van der Waals surface area contributed by atoms with Crippen LogP contribution >= 0.6 is 0 Å². The van der Waals surface area contributed by atoms with Crippen LogP contribution in [0.1, 0.15) is 39.0 Å². The van der Waals surface area contributed by atoms with Crippen LogP contribution in [-0.2, 0) is 4.79 Å². The fourth-order valence-electron chi connectivity index (χ4n) is 2.54. The second-order valence-electron chi connectivity index (χ2n) is 5.40. The second-order valence-corrected chi connectivity index (χ2v) is 5.40. The molecule has 2 aliphatic rings. The Morgan fingerprint density at radius 1 is 1.35 bits per heavy atom. The fraction of sp³-hybridized carbons (Fsp3) is 0.833. The Bertz CT molecular complexity index is 324. The van der Waals surface area contributed by atoms with E-state index in [0.29, 0.717) is 31.2 Å². The fourth-order valence-corrected chi connectivity index (χ4v) is 2.54. The Kier molecular flexibility index (Phi) is 3.26. The van der Waals surface area contributed by atoms with Gasteiger partial charge in [-0.3, -0.25) is 0 Å². The average Bonchev–Trinajstić information content (AvgIpc) is 2.77. The number of nitrogens with one attached hydrogen (secondary N) is 2. The molecular formula is C12H20N2O3. The van der Waals surface area contributed by atoms with E-state index >= 15 is 0 Å². The molecule has 5 heteroatoms. The summed E-state index contributed by atoms with van der Waals surface area (Å²) in [6.07, 6.45) is 3.97. The molecule has 2 saturated carbocycles. The van der Waals surface area contributed by atoms with E-state index < -0.39 is 11.5 Å². The molecule has 0 aliphatic heterocycles. The van der Waals surface area contributed by atoms with E-state index in [4.69, 9.17) is 0 Å². The van der Waals surface area contributed by atoms with Crippen molar-refractivity contribution in [3.8, 4) is 0 Å². The van der Waals surface area contributed by atoms with Crippen LogP contribution in [0.3, 0.4) is 0 Å². The van der Waals surface area contributed by atoms with Crippen LogP contribution in [0.25, 0.3) is 0 Å². The number of carbonyl (C=O) groups excluding carboxylic acids is 1. The lowest BCUT2D eigenvalue weighted by Crippen LogP contribution is -2.55. The minimum Gasteiger partial charge on any atom is -0.480 e. The minimum absolute atomic E-state index is 0.339. The van der Waals surface area contributed by atoms with Gasteiger partial charge in [0.1, 0.15) is 5.54 Å². The zero-order chi connectivity index (χ0) is 12.5. The highest BCUT2D eigenvalue weighted by atomic mass is 16.4. The van der Waals surface area contributed by atoms with Crippen LogP contribution < -0.4 is 10.6 Å². The van der Waals surface area contributed by atoms with Gasteiger partial charge in [0, 0.05) is 6.54 Å². The van der Waals surface area contributed by atoms with Crippen molar-refractivity contribution in [1.82, 2.24) is 10.6 Å². The third-order valence-electron chi connectivity index (χ3n) is 4.02. The summed E-state index contributed by atoms with van der Waals surface area (Å²) in [5.41, 5.74) is -1.03. The highest BCUT2D eigenvalue weighted by molar-refractivity contribution is 5.86. The largest absolute Gasteiger partial charge is 0.480 e. The first-order valence-electron chi connectivity index (χ1n) is 6.33. The van der Waals surface area contributed by atoms with Crippen LogP contribution in [0.2, 0.25) is 0 Å². The standard InChI is InChI=1S/C12H20N2O3/c1-8-6-9(8)7-13-11(17)14-12(10(15)16)4-2-3-5-12/h8-9H,2-7H2,1H3,(H,15,16)(H2,13,14,17). The van der Waals surface area contributed by atoms with Crippen molar-refractivity contribution in [2.45, 2.75) is 44.6 Å². The molecule has 0 saturated heterocycles. The molecule has 0 aromatic carbocycles. The topological polar surface area (TPSA) is 78.4 Å². The van der Waals surface area contributed by atoms with Crippen molar-refractivity contribution < 1.29 is 14.7 Å². The lowest BCUT2D eigenvalue weighted by Gasteiger charge is -2.25. The summed E-state index contributed by atoms with van der Waals surface area (Å²) in [5, 5.41) is 14.6. The maximum atomic E-state index is 11.7. The number of amides is 2. The van der Waals surface area contributed by atoms with Crippen molar-refractivity contribution in [2.24, 2.45) is 11.8 Å².